The standard InChI is InChI=1S/C10H17FN4O2/c1-12-10-13-4-8(11)9(14-10)15(2)5-7(16)6-17-3/h4,7,16H,5-6H2,1-3H3,(H,12,13,14). The Bertz CT molecular complexity index is 364. The van der Waals surface area contributed by atoms with Gasteiger partial charge in [-0.25, -0.2) is 9.37 Å². The lowest BCUT2D eigenvalue weighted by Gasteiger charge is -2.21. The maximum absolute atomic E-state index is 13.5. The van der Waals surface area contributed by atoms with Gasteiger partial charge in [0.15, 0.2) is 11.6 Å². The van der Waals surface area contributed by atoms with E-state index >= 15 is 0 Å². The van der Waals surface area contributed by atoms with Gasteiger partial charge in [-0.3, -0.25) is 0 Å². The van der Waals surface area contributed by atoms with Crippen molar-refractivity contribution in [3.05, 3.63) is 12.0 Å². The number of hydrogen-bond donors (Lipinski definition) is 2. The van der Waals surface area contributed by atoms with Gasteiger partial charge in [0.2, 0.25) is 5.95 Å². The van der Waals surface area contributed by atoms with Gasteiger partial charge in [-0.05, 0) is 0 Å². The summed E-state index contributed by atoms with van der Waals surface area (Å²) in [6.07, 6.45) is 0.394. The molecule has 0 aliphatic carbocycles. The summed E-state index contributed by atoms with van der Waals surface area (Å²) in [6, 6.07) is 0. The number of methoxy groups -OCH3 is 1. The summed E-state index contributed by atoms with van der Waals surface area (Å²) in [5.74, 6) is -0.0647. The van der Waals surface area contributed by atoms with Crippen molar-refractivity contribution in [2.24, 2.45) is 0 Å². The highest BCUT2D eigenvalue weighted by Gasteiger charge is 2.14. The first kappa shape index (κ1) is 13.6. The second-order valence-electron chi connectivity index (χ2n) is 3.60. The Hall–Kier alpha value is -1.47. The van der Waals surface area contributed by atoms with Crippen LogP contribution in [0.5, 0.6) is 0 Å². The molecule has 0 saturated carbocycles. The van der Waals surface area contributed by atoms with Crippen LogP contribution in [0.25, 0.3) is 0 Å². The van der Waals surface area contributed by atoms with E-state index in [1.807, 2.05) is 0 Å². The predicted molar refractivity (Wildman–Crippen MR) is 62.7 cm³/mol. The highest BCUT2D eigenvalue weighted by atomic mass is 19.1. The number of nitrogens with one attached hydrogen (secondary N) is 1. The van der Waals surface area contributed by atoms with E-state index in [-0.39, 0.29) is 19.0 Å². The van der Waals surface area contributed by atoms with Gasteiger partial charge in [0.25, 0.3) is 0 Å². The van der Waals surface area contributed by atoms with Gasteiger partial charge in [0, 0.05) is 27.7 Å². The summed E-state index contributed by atoms with van der Waals surface area (Å²) in [5.41, 5.74) is 0. The number of likely N-dealkylation sites (N-methyl/N-ethyl adjacent to an activating group) is 1. The van der Waals surface area contributed by atoms with E-state index in [1.165, 1.54) is 12.0 Å². The first-order valence-corrected chi connectivity index (χ1v) is 5.17. The van der Waals surface area contributed by atoms with Crippen LogP contribution in [0, 0.1) is 5.82 Å². The second kappa shape index (κ2) is 6.31. The van der Waals surface area contributed by atoms with Crippen LogP contribution in [0.15, 0.2) is 6.20 Å². The summed E-state index contributed by atoms with van der Waals surface area (Å²) in [5, 5.41) is 12.3. The Morgan fingerprint density at radius 1 is 1.65 bits per heavy atom. The molecule has 96 valence electrons. The van der Waals surface area contributed by atoms with Crippen molar-refractivity contribution < 1.29 is 14.2 Å². The second-order valence-corrected chi connectivity index (χ2v) is 3.60. The van der Waals surface area contributed by atoms with Crippen molar-refractivity contribution in [2.75, 3.05) is 44.6 Å². The number of aliphatic hydroxyl groups excluding tert-OH is 1. The Morgan fingerprint density at radius 3 is 2.94 bits per heavy atom. The molecule has 1 rings (SSSR count). The van der Waals surface area contributed by atoms with Gasteiger partial charge in [0.05, 0.1) is 18.9 Å². The van der Waals surface area contributed by atoms with Crippen molar-refractivity contribution in [2.45, 2.75) is 6.10 Å². The SMILES string of the molecule is CNc1ncc(F)c(N(C)CC(O)COC)n1. The van der Waals surface area contributed by atoms with Crippen LogP contribution >= 0.6 is 0 Å². The maximum Gasteiger partial charge on any atom is 0.224 e. The molecule has 1 aromatic rings. The topological polar surface area (TPSA) is 70.5 Å². The molecule has 1 unspecified atom stereocenters. The molecule has 17 heavy (non-hydrogen) atoms. The average molecular weight is 244 g/mol. The normalized spacial score (nSPS) is 12.3. The Kier molecular flexibility index (Phi) is 5.05. The fourth-order valence-corrected chi connectivity index (χ4v) is 1.39. The molecule has 0 fully saturated rings. The van der Waals surface area contributed by atoms with Gasteiger partial charge in [-0.2, -0.15) is 4.98 Å². The van der Waals surface area contributed by atoms with E-state index < -0.39 is 11.9 Å². The van der Waals surface area contributed by atoms with Gasteiger partial charge >= 0.3 is 0 Å². The summed E-state index contributed by atoms with van der Waals surface area (Å²) >= 11 is 0. The third kappa shape index (κ3) is 3.79. The quantitative estimate of drug-likeness (QED) is 0.739. The molecule has 6 nitrogen and oxygen atoms in total. The molecule has 1 heterocycles. The van der Waals surface area contributed by atoms with Crippen LogP contribution in [0.2, 0.25) is 0 Å². The van der Waals surface area contributed by atoms with Crippen molar-refractivity contribution >= 4 is 11.8 Å². The van der Waals surface area contributed by atoms with Crippen LogP contribution in [0.4, 0.5) is 16.2 Å². The minimum atomic E-state index is -0.697. The first-order valence-electron chi connectivity index (χ1n) is 5.17. The molecule has 0 radical (unpaired) electrons. The summed E-state index contributed by atoms with van der Waals surface area (Å²) < 4.78 is 18.3. The molecule has 0 spiro atoms. The third-order valence-corrected chi connectivity index (χ3v) is 2.15. The molecule has 0 bridgehead atoms. The number of anilines is 2. The monoisotopic (exact) mass is 244 g/mol. The molecule has 1 aromatic heterocycles. The molecule has 0 saturated heterocycles. The largest absolute Gasteiger partial charge is 0.389 e. The lowest BCUT2D eigenvalue weighted by atomic mass is 10.3. The number of rotatable bonds is 6. The fourth-order valence-electron chi connectivity index (χ4n) is 1.39. The Labute approximate surface area is 99.4 Å². The number of aliphatic hydroxyl groups is 1. The van der Waals surface area contributed by atoms with E-state index in [4.69, 9.17) is 4.74 Å². The molecule has 0 aromatic carbocycles. The molecular formula is C10H17FN4O2. The highest BCUT2D eigenvalue weighted by molar-refractivity contribution is 5.43. The molecule has 2 N–H and O–H groups in total. The molecular weight excluding hydrogens is 227 g/mol. The van der Waals surface area contributed by atoms with Crippen molar-refractivity contribution in [1.82, 2.24) is 9.97 Å². The number of hydrogen-bond acceptors (Lipinski definition) is 6. The Balaban J connectivity index is 2.76. The number of aromatic nitrogens is 2. The summed E-state index contributed by atoms with van der Waals surface area (Å²) in [4.78, 5) is 9.24. The van der Waals surface area contributed by atoms with Crippen LogP contribution in [-0.4, -0.2) is 55.5 Å². The third-order valence-electron chi connectivity index (χ3n) is 2.15. The average Bonchev–Trinajstić information content (AvgIpc) is 2.29. The van der Waals surface area contributed by atoms with E-state index in [0.717, 1.165) is 6.20 Å². The smallest absolute Gasteiger partial charge is 0.224 e. The van der Waals surface area contributed by atoms with Crippen molar-refractivity contribution in [3.63, 3.8) is 0 Å². The predicted octanol–water partition coefficient (Wildman–Crippen LogP) is 0.101. The molecule has 0 aliphatic heterocycles. The van der Waals surface area contributed by atoms with Gasteiger partial charge in [-0.15, -0.1) is 0 Å². The maximum atomic E-state index is 13.5. The van der Waals surface area contributed by atoms with Crippen LogP contribution < -0.4 is 10.2 Å². The van der Waals surface area contributed by atoms with E-state index in [1.54, 1.807) is 14.1 Å². The molecule has 0 aliphatic rings. The van der Waals surface area contributed by atoms with Crippen molar-refractivity contribution in [1.29, 1.82) is 0 Å². The summed E-state index contributed by atoms with van der Waals surface area (Å²) in [7, 11) is 4.79. The fraction of sp³-hybridized carbons (Fsp3) is 0.600. The summed E-state index contributed by atoms with van der Waals surface area (Å²) in [6.45, 7) is 0.418. The number of ether oxygens (including phenoxy) is 1. The van der Waals surface area contributed by atoms with Crippen LogP contribution in [-0.2, 0) is 4.74 Å². The van der Waals surface area contributed by atoms with Crippen LogP contribution in [0.1, 0.15) is 0 Å². The van der Waals surface area contributed by atoms with Crippen LogP contribution in [0.3, 0.4) is 0 Å². The highest BCUT2D eigenvalue weighted by Crippen LogP contribution is 2.15. The van der Waals surface area contributed by atoms with E-state index in [2.05, 4.69) is 15.3 Å². The molecule has 1 atom stereocenters. The number of nitrogens with zero attached hydrogens (tertiary/aromatic N) is 3. The Morgan fingerprint density at radius 2 is 2.35 bits per heavy atom. The lowest BCUT2D eigenvalue weighted by Crippen LogP contribution is -2.33. The first-order chi connectivity index (χ1) is 8.08. The zero-order valence-corrected chi connectivity index (χ0v) is 10.1. The zero-order valence-electron chi connectivity index (χ0n) is 10.1. The molecule has 7 heteroatoms. The van der Waals surface area contributed by atoms with Crippen molar-refractivity contribution in [3.8, 4) is 0 Å². The van der Waals surface area contributed by atoms with Gasteiger partial charge < -0.3 is 20.1 Å². The lowest BCUT2D eigenvalue weighted by molar-refractivity contribution is 0.0693. The van der Waals surface area contributed by atoms with Gasteiger partial charge in [-0.1, -0.05) is 0 Å². The molecule has 0 amide bonds. The van der Waals surface area contributed by atoms with E-state index in [0.29, 0.717) is 5.95 Å². The van der Waals surface area contributed by atoms with E-state index in [9.17, 15) is 9.50 Å². The zero-order chi connectivity index (χ0) is 12.8. The minimum absolute atomic E-state index is 0.138. The van der Waals surface area contributed by atoms with Gasteiger partial charge in [0.1, 0.15) is 0 Å². The number of halogens is 1. The minimum Gasteiger partial charge on any atom is -0.389 e.